The third kappa shape index (κ3) is 4.04. The molecular formula is C22H25N3O4. The molecule has 0 spiro atoms. The molecule has 7 heteroatoms. The Morgan fingerprint density at radius 2 is 2.21 bits per heavy atom. The molecule has 152 valence electrons. The van der Waals surface area contributed by atoms with Crippen LogP contribution >= 0.6 is 0 Å². The second kappa shape index (κ2) is 8.51. The Morgan fingerprint density at radius 1 is 1.31 bits per heavy atom. The summed E-state index contributed by atoms with van der Waals surface area (Å²) in [6.45, 7) is 3.61. The maximum Gasteiger partial charge on any atom is 0.261 e. The topological polar surface area (TPSA) is 80.8 Å². The quantitative estimate of drug-likeness (QED) is 0.857. The van der Waals surface area contributed by atoms with Gasteiger partial charge in [-0.05, 0) is 56.5 Å². The van der Waals surface area contributed by atoms with Crippen molar-refractivity contribution in [3.63, 3.8) is 0 Å². The fourth-order valence-electron chi connectivity index (χ4n) is 3.94. The van der Waals surface area contributed by atoms with Gasteiger partial charge in [0.25, 0.3) is 11.8 Å². The van der Waals surface area contributed by atoms with Crippen molar-refractivity contribution in [3.8, 4) is 11.6 Å². The van der Waals surface area contributed by atoms with Gasteiger partial charge in [0.2, 0.25) is 5.88 Å². The summed E-state index contributed by atoms with van der Waals surface area (Å²) >= 11 is 0. The number of nitrogens with one attached hydrogen (secondary N) is 1. The van der Waals surface area contributed by atoms with Crippen molar-refractivity contribution in [2.75, 3.05) is 25.1 Å². The van der Waals surface area contributed by atoms with Crippen molar-refractivity contribution < 1.29 is 19.1 Å². The Labute approximate surface area is 170 Å². The lowest BCUT2D eigenvalue weighted by Crippen LogP contribution is -2.45. The average Bonchev–Trinajstić information content (AvgIpc) is 2.74. The normalized spacial score (nSPS) is 18.6. The van der Waals surface area contributed by atoms with Gasteiger partial charge in [0.1, 0.15) is 11.3 Å². The molecule has 1 aromatic heterocycles. The number of aromatic nitrogens is 1. The second-order valence-electron chi connectivity index (χ2n) is 7.24. The highest BCUT2D eigenvalue weighted by molar-refractivity contribution is 6.07. The van der Waals surface area contributed by atoms with Crippen LogP contribution in [0.5, 0.6) is 11.6 Å². The highest BCUT2D eigenvalue weighted by atomic mass is 16.5. The molecule has 1 fully saturated rings. The first-order valence-corrected chi connectivity index (χ1v) is 10.1. The van der Waals surface area contributed by atoms with Crippen molar-refractivity contribution >= 4 is 17.5 Å². The monoisotopic (exact) mass is 395 g/mol. The Hall–Kier alpha value is -3.09. The van der Waals surface area contributed by atoms with Gasteiger partial charge in [-0.25, -0.2) is 4.98 Å². The predicted octanol–water partition coefficient (Wildman–Crippen LogP) is 3.51. The summed E-state index contributed by atoms with van der Waals surface area (Å²) in [5.41, 5.74) is 1.37. The van der Waals surface area contributed by atoms with Crippen molar-refractivity contribution in [2.45, 2.75) is 38.6 Å². The number of pyridine rings is 1. The van der Waals surface area contributed by atoms with Crippen molar-refractivity contribution in [3.05, 3.63) is 47.7 Å². The lowest BCUT2D eigenvalue weighted by atomic mass is 9.97. The molecule has 0 unspecified atom stereocenters. The first-order chi connectivity index (χ1) is 14.2. The van der Waals surface area contributed by atoms with Crippen LogP contribution in [0.1, 0.15) is 53.3 Å². The summed E-state index contributed by atoms with van der Waals surface area (Å²) in [6.07, 6.45) is 5.62. The van der Waals surface area contributed by atoms with Gasteiger partial charge < -0.3 is 19.7 Å². The molecule has 0 aliphatic carbocycles. The number of hydrogen-bond acceptors (Lipinski definition) is 5. The smallest absolute Gasteiger partial charge is 0.261 e. The summed E-state index contributed by atoms with van der Waals surface area (Å²) in [5.74, 6) is 0.483. The number of benzene rings is 1. The predicted molar refractivity (Wildman–Crippen MR) is 109 cm³/mol. The Morgan fingerprint density at radius 3 is 3.07 bits per heavy atom. The number of amides is 2. The minimum absolute atomic E-state index is 0.0307. The standard InChI is InChI=1S/C22H25N3O4/c1-2-28-21-17(7-5-11-23-21)20(26)24-15-8-9-19-18(14-15)22(27)25-12-4-3-6-16(25)10-13-29-19/h5,7-9,11,14,16H,2-4,6,10,12-13H2,1H3,(H,24,26)/t16-/m0/s1. The minimum Gasteiger partial charge on any atom is -0.493 e. The maximum absolute atomic E-state index is 13.2. The highest BCUT2D eigenvalue weighted by Crippen LogP contribution is 2.31. The number of anilines is 1. The Kier molecular flexibility index (Phi) is 5.64. The molecule has 3 heterocycles. The number of rotatable bonds is 4. The van der Waals surface area contributed by atoms with E-state index in [4.69, 9.17) is 9.47 Å². The third-order valence-electron chi connectivity index (χ3n) is 5.36. The van der Waals surface area contributed by atoms with Crippen molar-refractivity contribution in [1.82, 2.24) is 9.88 Å². The van der Waals surface area contributed by atoms with E-state index in [9.17, 15) is 9.59 Å². The van der Waals surface area contributed by atoms with E-state index in [2.05, 4.69) is 10.3 Å². The van der Waals surface area contributed by atoms with Crippen LogP contribution in [-0.4, -0.2) is 47.5 Å². The number of piperidine rings is 1. The highest BCUT2D eigenvalue weighted by Gasteiger charge is 2.31. The van der Waals surface area contributed by atoms with E-state index in [1.54, 1.807) is 36.5 Å². The van der Waals surface area contributed by atoms with E-state index in [-0.39, 0.29) is 23.7 Å². The van der Waals surface area contributed by atoms with Gasteiger partial charge in [-0.15, -0.1) is 0 Å². The molecule has 1 aromatic carbocycles. The van der Waals surface area contributed by atoms with Crippen LogP contribution < -0.4 is 14.8 Å². The number of ether oxygens (including phenoxy) is 2. The molecule has 2 amide bonds. The van der Waals surface area contributed by atoms with Gasteiger partial charge in [0.15, 0.2) is 0 Å². The molecular weight excluding hydrogens is 370 g/mol. The molecule has 4 rings (SSSR count). The Bertz CT molecular complexity index is 915. The van der Waals surface area contributed by atoms with E-state index in [1.165, 1.54) is 0 Å². The van der Waals surface area contributed by atoms with Gasteiger partial charge in [-0.2, -0.15) is 0 Å². The van der Waals surface area contributed by atoms with Crippen LogP contribution in [-0.2, 0) is 0 Å². The first-order valence-electron chi connectivity index (χ1n) is 10.1. The molecule has 0 bridgehead atoms. The molecule has 0 radical (unpaired) electrons. The largest absolute Gasteiger partial charge is 0.493 e. The lowest BCUT2D eigenvalue weighted by Gasteiger charge is -2.37. The van der Waals surface area contributed by atoms with Crippen LogP contribution in [0.15, 0.2) is 36.5 Å². The lowest BCUT2D eigenvalue weighted by molar-refractivity contribution is 0.0548. The summed E-state index contributed by atoms with van der Waals surface area (Å²) in [7, 11) is 0. The average molecular weight is 395 g/mol. The third-order valence-corrected chi connectivity index (χ3v) is 5.36. The zero-order valence-electron chi connectivity index (χ0n) is 16.5. The van der Waals surface area contributed by atoms with E-state index < -0.39 is 0 Å². The van der Waals surface area contributed by atoms with Crippen molar-refractivity contribution in [1.29, 1.82) is 0 Å². The summed E-state index contributed by atoms with van der Waals surface area (Å²) in [4.78, 5) is 32.0. The van der Waals surface area contributed by atoms with Gasteiger partial charge >= 0.3 is 0 Å². The molecule has 1 saturated heterocycles. The van der Waals surface area contributed by atoms with E-state index in [0.29, 0.717) is 35.8 Å². The number of carbonyl (C=O) groups excluding carboxylic acids is 2. The Balaban J connectivity index is 1.59. The number of nitrogens with zero attached hydrogens (tertiary/aromatic N) is 2. The first kappa shape index (κ1) is 19.2. The second-order valence-corrected chi connectivity index (χ2v) is 7.24. The van der Waals surface area contributed by atoms with E-state index in [1.807, 2.05) is 11.8 Å². The molecule has 29 heavy (non-hydrogen) atoms. The fraction of sp³-hybridized carbons (Fsp3) is 0.409. The van der Waals surface area contributed by atoms with Gasteiger partial charge in [0.05, 0.1) is 18.8 Å². The minimum atomic E-state index is -0.337. The molecule has 2 aliphatic rings. The van der Waals surface area contributed by atoms with Gasteiger partial charge in [-0.1, -0.05) is 0 Å². The molecule has 1 N–H and O–H groups in total. The number of carbonyl (C=O) groups is 2. The van der Waals surface area contributed by atoms with Crippen LogP contribution in [0.2, 0.25) is 0 Å². The van der Waals surface area contributed by atoms with Crippen LogP contribution in [0, 0.1) is 0 Å². The molecule has 1 atom stereocenters. The van der Waals surface area contributed by atoms with Crippen LogP contribution in [0.4, 0.5) is 5.69 Å². The summed E-state index contributed by atoms with van der Waals surface area (Å²) in [5, 5.41) is 2.85. The molecule has 0 saturated carbocycles. The SMILES string of the molecule is CCOc1ncccc1C(=O)Nc1ccc2c(c1)C(=O)N1CCCC[C@H]1CCO2. The van der Waals surface area contributed by atoms with Crippen molar-refractivity contribution in [2.24, 2.45) is 0 Å². The van der Waals surface area contributed by atoms with Gasteiger partial charge in [0, 0.05) is 30.9 Å². The maximum atomic E-state index is 13.2. The van der Waals surface area contributed by atoms with E-state index in [0.717, 1.165) is 32.2 Å². The fourth-order valence-corrected chi connectivity index (χ4v) is 3.94. The zero-order valence-corrected chi connectivity index (χ0v) is 16.5. The van der Waals surface area contributed by atoms with Crippen LogP contribution in [0.25, 0.3) is 0 Å². The van der Waals surface area contributed by atoms with E-state index >= 15 is 0 Å². The molecule has 7 nitrogen and oxygen atoms in total. The molecule has 2 aliphatic heterocycles. The van der Waals surface area contributed by atoms with Gasteiger partial charge in [-0.3, -0.25) is 9.59 Å². The van der Waals surface area contributed by atoms with Crippen LogP contribution in [0.3, 0.4) is 0 Å². The number of hydrogen-bond donors (Lipinski definition) is 1. The molecule has 2 aromatic rings. The zero-order chi connectivity index (χ0) is 20.2. The number of fused-ring (bicyclic) bond motifs is 2. The summed E-state index contributed by atoms with van der Waals surface area (Å²) < 4.78 is 11.3. The summed E-state index contributed by atoms with van der Waals surface area (Å²) in [6, 6.07) is 8.77.